The minimum Gasteiger partial charge on any atom is -0.264 e. The standard InChI is InChI=1S/C53H36N2.C46H33N3/c1-5-15-37(16-6-1)38-27-31-42(32-28-38)52-54-50(40-17-7-2-8-18-40)36-51(55-52)41-29-25-39(26-30-41)43-33-34-49-47(35-43)46-23-13-14-24-48(46)53(49,44-19-9-3-10-20-44)45-21-11-4-12-22-45;1-46(2)40-24-23-36(27-39(40)44-38-13-7-6-9-32(38)22-25-41(44)46)30-14-18-34(19-15-30)43-28-42(33-10-4-3-5-11-33)48-45(49-43)35-20-16-31(17-21-35)37-12-8-26-47-29-37/h1-36H;3-29H,1-2H3. The molecule has 2 aliphatic carbocycles. The molecule has 0 aliphatic heterocycles. The Morgan fingerprint density at radius 1 is 0.231 bits per heavy atom. The summed E-state index contributed by atoms with van der Waals surface area (Å²) >= 11 is 0. The molecule has 0 amide bonds. The van der Waals surface area contributed by atoms with E-state index < -0.39 is 5.41 Å². The summed E-state index contributed by atoms with van der Waals surface area (Å²) in [7, 11) is 0. The van der Waals surface area contributed by atoms with Gasteiger partial charge in [-0.15, -0.1) is 0 Å². The topological polar surface area (TPSA) is 64.5 Å². The summed E-state index contributed by atoms with van der Waals surface area (Å²) < 4.78 is 0. The van der Waals surface area contributed by atoms with Crippen molar-refractivity contribution in [1.29, 1.82) is 0 Å². The molecular formula is C99H69N5. The van der Waals surface area contributed by atoms with Crippen LogP contribution in [-0.2, 0) is 10.8 Å². The van der Waals surface area contributed by atoms with Crippen molar-refractivity contribution < 1.29 is 0 Å². The lowest BCUT2D eigenvalue weighted by Gasteiger charge is -2.33. The van der Waals surface area contributed by atoms with Gasteiger partial charge in [-0.1, -0.05) is 354 Å². The molecule has 104 heavy (non-hydrogen) atoms. The zero-order valence-electron chi connectivity index (χ0n) is 57.6. The van der Waals surface area contributed by atoms with Gasteiger partial charge in [0, 0.05) is 51.2 Å². The summed E-state index contributed by atoms with van der Waals surface area (Å²) in [5, 5.41) is 2.60. The van der Waals surface area contributed by atoms with Crippen LogP contribution in [0.5, 0.6) is 0 Å². The molecular weight excluding hydrogens is 1260 g/mol. The van der Waals surface area contributed by atoms with Gasteiger partial charge in [-0.2, -0.15) is 0 Å². The highest BCUT2D eigenvalue weighted by molar-refractivity contribution is 6.03. The highest BCUT2D eigenvalue weighted by atomic mass is 14.9. The highest BCUT2D eigenvalue weighted by Gasteiger charge is 2.46. The van der Waals surface area contributed by atoms with Gasteiger partial charge in [0.15, 0.2) is 11.6 Å². The molecule has 3 aromatic heterocycles. The van der Waals surface area contributed by atoms with Crippen LogP contribution in [0, 0.1) is 0 Å². The van der Waals surface area contributed by atoms with Crippen LogP contribution in [0.1, 0.15) is 47.2 Å². The molecule has 0 unspecified atom stereocenters. The number of hydrogen-bond acceptors (Lipinski definition) is 5. The van der Waals surface area contributed by atoms with E-state index in [0.717, 1.165) is 72.8 Å². The molecule has 17 aromatic rings. The van der Waals surface area contributed by atoms with Gasteiger partial charge in [-0.05, 0) is 141 Å². The second-order valence-corrected chi connectivity index (χ2v) is 27.5. The molecule has 0 saturated carbocycles. The highest BCUT2D eigenvalue weighted by Crippen LogP contribution is 2.57. The summed E-state index contributed by atoms with van der Waals surface area (Å²) in [4.78, 5) is 24.6. The van der Waals surface area contributed by atoms with E-state index in [1.54, 1.807) is 6.20 Å². The van der Waals surface area contributed by atoms with Crippen molar-refractivity contribution in [2.45, 2.75) is 24.7 Å². The van der Waals surface area contributed by atoms with E-state index in [9.17, 15) is 0 Å². The number of hydrogen-bond donors (Lipinski definition) is 0. The Hall–Kier alpha value is -13.4. The molecule has 14 aromatic carbocycles. The lowest BCUT2D eigenvalue weighted by molar-refractivity contribution is 0.661. The van der Waals surface area contributed by atoms with E-state index in [4.69, 9.17) is 19.9 Å². The van der Waals surface area contributed by atoms with Crippen LogP contribution >= 0.6 is 0 Å². The fourth-order valence-corrected chi connectivity index (χ4v) is 15.7. The zero-order chi connectivity index (χ0) is 69.6. The summed E-state index contributed by atoms with van der Waals surface area (Å²) in [6.07, 6.45) is 3.68. The smallest absolute Gasteiger partial charge is 0.160 e. The van der Waals surface area contributed by atoms with Crippen molar-refractivity contribution in [2.75, 3.05) is 0 Å². The minimum absolute atomic E-state index is 0.0443. The first-order chi connectivity index (χ1) is 51.3. The van der Waals surface area contributed by atoms with Crippen molar-refractivity contribution >= 4 is 10.8 Å². The van der Waals surface area contributed by atoms with Gasteiger partial charge < -0.3 is 0 Å². The number of benzene rings is 14. The molecule has 5 heteroatoms. The number of fused-ring (bicyclic) bond motifs is 8. The average molecular weight is 1330 g/mol. The van der Waals surface area contributed by atoms with Crippen LogP contribution in [0.4, 0.5) is 0 Å². The number of nitrogens with zero attached hydrogens (tertiary/aromatic N) is 5. The molecule has 0 saturated heterocycles. The zero-order valence-corrected chi connectivity index (χ0v) is 57.6. The van der Waals surface area contributed by atoms with E-state index in [2.05, 4.69) is 352 Å². The van der Waals surface area contributed by atoms with Crippen molar-refractivity contribution in [3.63, 3.8) is 0 Å². The van der Waals surface area contributed by atoms with Gasteiger partial charge in [0.05, 0.1) is 28.2 Å². The third kappa shape index (κ3) is 11.5. The normalized spacial score (nSPS) is 12.7. The van der Waals surface area contributed by atoms with Gasteiger partial charge in [-0.25, -0.2) is 19.9 Å². The Morgan fingerprint density at radius 2 is 0.587 bits per heavy atom. The maximum absolute atomic E-state index is 5.14. The van der Waals surface area contributed by atoms with E-state index in [1.165, 1.54) is 94.2 Å². The maximum Gasteiger partial charge on any atom is 0.160 e. The number of pyridine rings is 1. The van der Waals surface area contributed by atoms with Crippen LogP contribution in [0.15, 0.2) is 382 Å². The summed E-state index contributed by atoms with van der Waals surface area (Å²) in [6, 6.07) is 132. The lowest BCUT2D eigenvalue weighted by Crippen LogP contribution is -2.28. The number of rotatable bonds is 12. The van der Waals surface area contributed by atoms with E-state index in [0.29, 0.717) is 11.6 Å². The van der Waals surface area contributed by atoms with E-state index in [1.807, 2.05) is 42.6 Å². The molecule has 0 N–H and O–H groups in total. The molecule has 2 aliphatic rings. The quantitative estimate of drug-likeness (QED) is 0.122. The molecule has 0 fully saturated rings. The molecule has 0 atom stereocenters. The third-order valence-electron chi connectivity index (χ3n) is 21.0. The van der Waals surface area contributed by atoms with Crippen LogP contribution in [0.25, 0.3) is 145 Å². The van der Waals surface area contributed by atoms with Crippen molar-refractivity contribution in [3.8, 4) is 135 Å². The van der Waals surface area contributed by atoms with E-state index >= 15 is 0 Å². The molecule has 5 nitrogen and oxygen atoms in total. The Bertz CT molecular complexity index is 5950. The predicted octanol–water partition coefficient (Wildman–Crippen LogP) is 24.8. The van der Waals surface area contributed by atoms with Crippen LogP contribution in [-0.4, -0.2) is 24.9 Å². The van der Waals surface area contributed by atoms with Gasteiger partial charge in [0.1, 0.15) is 0 Å². The van der Waals surface area contributed by atoms with Crippen molar-refractivity contribution in [3.05, 3.63) is 416 Å². The van der Waals surface area contributed by atoms with E-state index in [-0.39, 0.29) is 5.41 Å². The van der Waals surface area contributed by atoms with Crippen LogP contribution in [0.2, 0.25) is 0 Å². The molecule has 0 radical (unpaired) electrons. The maximum atomic E-state index is 5.14. The second-order valence-electron chi connectivity index (χ2n) is 27.5. The number of aromatic nitrogens is 5. The first-order valence-electron chi connectivity index (χ1n) is 35.6. The van der Waals surface area contributed by atoms with Crippen molar-refractivity contribution in [1.82, 2.24) is 24.9 Å². The fourth-order valence-electron chi connectivity index (χ4n) is 15.7. The van der Waals surface area contributed by atoms with Crippen LogP contribution < -0.4 is 0 Å². The van der Waals surface area contributed by atoms with Gasteiger partial charge in [-0.3, -0.25) is 4.98 Å². The van der Waals surface area contributed by atoms with Gasteiger partial charge in [0.2, 0.25) is 0 Å². The molecule has 490 valence electrons. The first-order valence-corrected chi connectivity index (χ1v) is 35.6. The Kier molecular flexibility index (Phi) is 16.1. The third-order valence-corrected chi connectivity index (χ3v) is 21.0. The Morgan fingerprint density at radius 3 is 1.10 bits per heavy atom. The average Bonchev–Trinajstić information content (AvgIpc) is 1.55. The van der Waals surface area contributed by atoms with Gasteiger partial charge >= 0.3 is 0 Å². The Labute approximate surface area is 607 Å². The fraction of sp³-hybridized carbons (Fsp3) is 0.0404. The molecule has 19 rings (SSSR count). The minimum atomic E-state index is -0.403. The summed E-state index contributed by atoms with van der Waals surface area (Å²) in [6.45, 7) is 4.69. The molecule has 0 spiro atoms. The first kappa shape index (κ1) is 62.9. The largest absolute Gasteiger partial charge is 0.264 e. The van der Waals surface area contributed by atoms with Crippen molar-refractivity contribution in [2.24, 2.45) is 0 Å². The monoisotopic (exact) mass is 1330 g/mol. The Balaban J connectivity index is 0.000000149. The molecule has 3 heterocycles. The van der Waals surface area contributed by atoms with Crippen LogP contribution in [0.3, 0.4) is 0 Å². The lowest BCUT2D eigenvalue weighted by atomic mass is 9.67. The second kappa shape index (κ2) is 26.6. The van der Waals surface area contributed by atoms with Gasteiger partial charge in [0.25, 0.3) is 0 Å². The summed E-state index contributed by atoms with van der Waals surface area (Å²) in [5.74, 6) is 1.41. The predicted molar refractivity (Wildman–Crippen MR) is 429 cm³/mol. The SMILES string of the molecule is CC1(C)c2ccc(-c3ccc(-c4cc(-c5ccccc5)nc(-c5ccc(-c6cccnc6)cc5)n4)cc3)cc2-c2c1ccc1ccccc21.c1ccc(-c2ccc(-c3nc(-c4ccccc4)cc(-c4ccc(-c5ccc6c(c5)-c5ccccc5C6(c5ccccc5)c5ccccc5)cc4)n3)cc2)cc1. The summed E-state index contributed by atoms with van der Waals surface area (Å²) in [5.41, 5.74) is 31.8. The molecule has 0 bridgehead atoms.